The van der Waals surface area contributed by atoms with E-state index in [0.717, 1.165) is 11.3 Å². The summed E-state index contributed by atoms with van der Waals surface area (Å²) in [6, 6.07) is 19.9. The Morgan fingerprint density at radius 2 is 1.70 bits per heavy atom. The molecule has 1 heterocycles. The largest absolute Gasteiger partial charge is 0.337 e. The van der Waals surface area contributed by atoms with Gasteiger partial charge in [-0.2, -0.15) is 0 Å². The topological polar surface area (TPSA) is 25.2 Å². The molecule has 0 saturated heterocycles. The Kier molecular flexibility index (Phi) is 4.29. The van der Waals surface area contributed by atoms with Crippen LogP contribution >= 0.6 is 0 Å². The van der Waals surface area contributed by atoms with Crippen LogP contribution in [0.5, 0.6) is 0 Å². The maximum absolute atomic E-state index is 12.7. The van der Waals surface area contributed by atoms with Crippen LogP contribution in [0, 0.1) is 6.92 Å². The lowest BCUT2D eigenvalue weighted by Gasteiger charge is -2.18. The molecule has 0 aliphatic carbocycles. The second-order valence-electron chi connectivity index (χ2n) is 5.79. The summed E-state index contributed by atoms with van der Waals surface area (Å²) in [6.07, 6.45) is 3.94. The van der Waals surface area contributed by atoms with Crippen molar-refractivity contribution in [1.82, 2.24) is 9.47 Å². The Morgan fingerprint density at radius 3 is 2.39 bits per heavy atom. The first kappa shape index (κ1) is 15.1. The average molecular weight is 304 g/mol. The van der Waals surface area contributed by atoms with Gasteiger partial charge in [-0.1, -0.05) is 35.9 Å². The zero-order valence-electron chi connectivity index (χ0n) is 13.4. The maximum atomic E-state index is 12.7. The number of hydrogen-bond donors (Lipinski definition) is 0. The van der Waals surface area contributed by atoms with Gasteiger partial charge in [0.05, 0.1) is 0 Å². The maximum Gasteiger partial charge on any atom is 0.253 e. The molecule has 0 fully saturated rings. The lowest BCUT2D eigenvalue weighted by Crippen LogP contribution is -2.26. The van der Waals surface area contributed by atoms with E-state index >= 15 is 0 Å². The van der Waals surface area contributed by atoms with Gasteiger partial charge in [-0.05, 0) is 42.8 Å². The molecule has 0 radical (unpaired) electrons. The molecule has 0 aliphatic heterocycles. The third-order valence-electron chi connectivity index (χ3n) is 3.88. The van der Waals surface area contributed by atoms with Gasteiger partial charge in [0.15, 0.2) is 0 Å². The Bertz CT molecular complexity index is 789. The minimum Gasteiger partial charge on any atom is -0.337 e. The lowest BCUT2D eigenvalue weighted by atomic mass is 10.1. The van der Waals surface area contributed by atoms with Crippen LogP contribution in [0.2, 0.25) is 0 Å². The molecule has 2 aromatic carbocycles. The van der Waals surface area contributed by atoms with E-state index in [-0.39, 0.29) is 5.91 Å². The predicted octanol–water partition coefficient (Wildman–Crippen LogP) is 4.06. The molecule has 0 unspecified atom stereocenters. The van der Waals surface area contributed by atoms with Gasteiger partial charge in [0, 0.05) is 37.2 Å². The molecule has 0 spiro atoms. The van der Waals surface area contributed by atoms with E-state index in [1.165, 1.54) is 5.56 Å². The molecule has 1 aromatic heterocycles. The first-order valence-electron chi connectivity index (χ1n) is 7.68. The quantitative estimate of drug-likeness (QED) is 0.713. The number of nitrogens with zero attached hydrogens (tertiary/aromatic N) is 2. The average Bonchev–Trinajstić information content (AvgIpc) is 3.11. The third kappa shape index (κ3) is 3.51. The van der Waals surface area contributed by atoms with E-state index in [2.05, 4.69) is 31.2 Å². The van der Waals surface area contributed by atoms with Crippen molar-refractivity contribution in [3.05, 3.63) is 89.7 Å². The summed E-state index contributed by atoms with van der Waals surface area (Å²) in [5.74, 6) is 0.0274. The van der Waals surface area contributed by atoms with Gasteiger partial charge < -0.3 is 9.47 Å². The van der Waals surface area contributed by atoms with Crippen molar-refractivity contribution in [2.24, 2.45) is 0 Å². The van der Waals surface area contributed by atoms with Crippen molar-refractivity contribution in [3.8, 4) is 5.69 Å². The molecule has 23 heavy (non-hydrogen) atoms. The summed E-state index contributed by atoms with van der Waals surface area (Å²) in [5.41, 5.74) is 4.05. The van der Waals surface area contributed by atoms with E-state index in [4.69, 9.17) is 0 Å². The van der Waals surface area contributed by atoms with E-state index < -0.39 is 0 Å². The van der Waals surface area contributed by atoms with Crippen LogP contribution in [-0.2, 0) is 6.54 Å². The number of aromatic nitrogens is 1. The molecule has 116 valence electrons. The van der Waals surface area contributed by atoms with Crippen LogP contribution in [0.25, 0.3) is 5.69 Å². The van der Waals surface area contributed by atoms with Crippen LogP contribution in [0.15, 0.2) is 73.1 Å². The Labute approximate surface area is 136 Å². The summed E-state index contributed by atoms with van der Waals surface area (Å²) >= 11 is 0. The van der Waals surface area contributed by atoms with Gasteiger partial charge >= 0.3 is 0 Å². The highest BCUT2D eigenvalue weighted by atomic mass is 16.2. The summed E-state index contributed by atoms with van der Waals surface area (Å²) in [4.78, 5) is 14.4. The van der Waals surface area contributed by atoms with Crippen LogP contribution in [0.3, 0.4) is 0 Å². The highest BCUT2D eigenvalue weighted by Crippen LogP contribution is 2.14. The van der Waals surface area contributed by atoms with Crippen LogP contribution < -0.4 is 0 Å². The minimum atomic E-state index is 0.0274. The Morgan fingerprint density at radius 1 is 1.00 bits per heavy atom. The van der Waals surface area contributed by atoms with Crippen molar-refractivity contribution < 1.29 is 4.79 Å². The van der Waals surface area contributed by atoms with Gasteiger partial charge in [0.1, 0.15) is 0 Å². The molecule has 3 rings (SSSR count). The Balaban J connectivity index is 1.77. The number of aryl methyl sites for hydroxylation is 1. The number of carbonyl (C=O) groups is 1. The molecule has 3 aromatic rings. The smallest absolute Gasteiger partial charge is 0.253 e. The zero-order valence-corrected chi connectivity index (χ0v) is 13.4. The molecule has 3 heteroatoms. The second-order valence-corrected chi connectivity index (χ2v) is 5.79. The number of rotatable bonds is 4. The standard InChI is InChI=1S/C20H20N2O/c1-16-8-10-17(11-9-16)15-21(2)20(23)18-6-5-7-19(14-18)22-12-3-4-13-22/h3-14H,15H2,1-2H3. The van der Waals surface area contributed by atoms with Gasteiger partial charge in [0.25, 0.3) is 5.91 Å². The molecular weight excluding hydrogens is 284 g/mol. The summed E-state index contributed by atoms with van der Waals surface area (Å²) in [6.45, 7) is 2.66. The molecule has 0 atom stereocenters. The highest BCUT2D eigenvalue weighted by Gasteiger charge is 2.12. The van der Waals surface area contributed by atoms with Crippen molar-refractivity contribution in [3.63, 3.8) is 0 Å². The SMILES string of the molecule is Cc1ccc(CN(C)C(=O)c2cccc(-n3cccc3)c2)cc1. The van der Waals surface area contributed by atoms with Gasteiger partial charge in [-0.15, -0.1) is 0 Å². The molecule has 3 nitrogen and oxygen atoms in total. The summed E-state index contributed by atoms with van der Waals surface area (Å²) < 4.78 is 2.00. The van der Waals surface area contributed by atoms with E-state index in [9.17, 15) is 4.79 Å². The van der Waals surface area contributed by atoms with E-state index in [1.807, 2.05) is 60.4 Å². The van der Waals surface area contributed by atoms with Gasteiger partial charge in [-0.25, -0.2) is 0 Å². The second kappa shape index (κ2) is 6.53. The molecule has 0 bridgehead atoms. The normalized spacial score (nSPS) is 10.5. The first-order valence-corrected chi connectivity index (χ1v) is 7.68. The van der Waals surface area contributed by atoms with E-state index in [1.54, 1.807) is 4.90 Å². The Hall–Kier alpha value is -2.81. The van der Waals surface area contributed by atoms with E-state index in [0.29, 0.717) is 12.1 Å². The fourth-order valence-electron chi connectivity index (χ4n) is 2.57. The van der Waals surface area contributed by atoms with Gasteiger partial charge in [0.2, 0.25) is 0 Å². The molecule has 0 aliphatic rings. The number of carbonyl (C=O) groups excluding carboxylic acids is 1. The predicted molar refractivity (Wildman–Crippen MR) is 92.7 cm³/mol. The monoisotopic (exact) mass is 304 g/mol. The van der Waals surface area contributed by atoms with Gasteiger partial charge in [-0.3, -0.25) is 4.79 Å². The third-order valence-corrected chi connectivity index (χ3v) is 3.88. The summed E-state index contributed by atoms with van der Waals surface area (Å²) in [5, 5.41) is 0. The fraction of sp³-hybridized carbons (Fsp3) is 0.150. The van der Waals surface area contributed by atoms with Crippen LogP contribution in [0.4, 0.5) is 0 Å². The number of hydrogen-bond acceptors (Lipinski definition) is 1. The lowest BCUT2D eigenvalue weighted by molar-refractivity contribution is 0.0785. The molecular formula is C20H20N2O. The minimum absolute atomic E-state index is 0.0274. The van der Waals surface area contributed by atoms with Crippen molar-refractivity contribution in [1.29, 1.82) is 0 Å². The van der Waals surface area contributed by atoms with Crippen molar-refractivity contribution in [2.75, 3.05) is 7.05 Å². The first-order chi connectivity index (χ1) is 11.1. The summed E-state index contributed by atoms with van der Waals surface area (Å²) in [7, 11) is 1.84. The number of benzene rings is 2. The molecule has 0 saturated carbocycles. The fourth-order valence-corrected chi connectivity index (χ4v) is 2.57. The van der Waals surface area contributed by atoms with Crippen LogP contribution in [0.1, 0.15) is 21.5 Å². The van der Waals surface area contributed by atoms with Crippen LogP contribution in [-0.4, -0.2) is 22.4 Å². The molecule has 0 N–H and O–H groups in total. The molecule has 1 amide bonds. The van der Waals surface area contributed by atoms with Crippen molar-refractivity contribution >= 4 is 5.91 Å². The highest BCUT2D eigenvalue weighted by molar-refractivity contribution is 5.94. The number of amides is 1. The van der Waals surface area contributed by atoms with Crippen molar-refractivity contribution in [2.45, 2.75) is 13.5 Å². The zero-order chi connectivity index (χ0) is 16.2.